The Kier molecular flexibility index (Phi) is 2.44. The van der Waals surface area contributed by atoms with Gasteiger partial charge in [-0.25, -0.2) is 0 Å². The standard InChI is InChI=1S/C12H15BrO/c1-12(2,14)11-7-9(13)6-8-4-3-5-10(8)11/h6-7,14H,3-5H2,1-2H3. The molecule has 0 spiro atoms. The van der Waals surface area contributed by atoms with Crippen molar-refractivity contribution >= 4 is 15.9 Å². The minimum Gasteiger partial charge on any atom is -0.386 e. The van der Waals surface area contributed by atoms with E-state index in [2.05, 4.69) is 22.0 Å². The predicted molar refractivity (Wildman–Crippen MR) is 61.4 cm³/mol. The summed E-state index contributed by atoms with van der Waals surface area (Å²) in [7, 11) is 0. The van der Waals surface area contributed by atoms with Crippen LogP contribution in [0, 0.1) is 0 Å². The van der Waals surface area contributed by atoms with E-state index in [0.717, 1.165) is 22.9 Å². The van der Waals surface area contributed by atoms with E-state index in [1.165, 1.54) is 17.5 Å². The van der Waals surface area contributed by atoms with Gasteiger partial charge >= 0.3 is 0 Å². The van der Waals surface area contributed by atoms with Gasteiger partial charge < -0.3 is 5.11 Å². The first kappa shape index (κ1) is 10.2. The molecule has 0 aromatic heterocycles. The molecule has 1 nitrogen and oxygen atoms in total. The molecule has 0 saturated heterocycles. The van der Waals surface area contributed by atoms with Crippen molar-refractivity contribution in [2.45, 2.75) is 38.7 Å². The Morgan fingerprint density at radius 3 is 2.64 bits per heavy atom. The van der Waals surface area contributed by atoms with Crippen molar-refractivity contribution in [1.29, 1.82) is 0 Å². The van der Waals surface area contributed by atoms with Gasteiger partial charge in [-0.2, -0.15) is 0 Å². The van der Waals surface area contributed by atoms with E-state index in [4.69, 9.17) is 0 Å². The maximum atomic E-state index is 10.1. The Hall–Kier alpha value is -0.340. The molecule has 0 heterocycles. The lowest BCUT2D eigenvalue weighted by molar-refractivity contribution is 0.0776. The lowest BCUT2D eigenvalue weighted by Gasteiger charge is -2.22. The molecule has 0 unspecified atom stereocenters. The number of hydrogen-bond donors (Lipinski definition) is 1. The highest BCUT2D eigenvalue weighted by Crippen LogP contribution is 2.34. The second-order valence-corrected chi connectivity index (χ2v) is 5.42. The van der Waals surface area contributed by atoms with E-state index >= 15 is 0 Å². The van der Waals surface area contributed by atoms with E-state index in [-0.39, 0.29) is 0 Å². The highest BCUT2D eigenvalue weighted by atomic mass is 79.9. The molecular formula is C12H15BrO. The fourth-order valence-electron chi connectivity index (χ4n) is 2.21. The molecule has 1 aliphatic carbocycles. The van der Waals surface area contributed by atoms with E-state index < -0.39 is 5.60 Å². The molecule has 0 amide bonds. The minimum atomic E-state index is -0.724. The molecule has 1 aliphatic rings. The highest BCUT2D eigenvalue weighted by Gasteiger charge is 2.24. The van der Waals surface area contributed by atoms with Crippen molar-refractivity contribution in [3.63, 3.8) is 0 Å². The smallest absolute Gasteiger partial charge is 0.0843 e. The van der Waals surface area contributed by atoms with Crippen molar-refractivity contribution < 1.29 is 5.11 Å². The van der Waals surface area contributed by atoms with Crippen molar-refractivity contribution in [3.05, 3.63) is 33.3 Å². The second kappa shape index (κ2) is 3.35. The van der Waals surface area contributed by atoms with Crippen LogP contribution in [-0.4, -0.2) is 5.11 Å². The first-order chi connectivity index (χ1) is 6.48. The molecule has 76 valence electrons. The summed E-state index contributed by atoms with van der Waals surface area (Å²) in [6.45, 7) is 3.71. The summed E-state index contributed by atoms with van der Waals surface area (Å²) in [6, 6.07) is 4.22. The van der Waals surface area contributed by atoms with Gasteiger partial charge in [-0.15, -0.1) is 0 Å². The zero-order valence-corrected chi connectivity index (χ0v) is 10.2. The van der Waals surface area contributed by atoms with Crippen LogP contribution in [0.2, 0.25) is 0 Å². The molecule has 1 N–H and O–H groups in total. The molecule has 2 rings (SSSR count). The Labute approximate surface area is 93.3 Å². The van der Waals surface area contributed by atoms with Gasteiger partial charge in [0.1, 0.15) is 0 Å². The number of aryl methyl sites for hydroxylation is 1. The number of aliphatic hydroxyl groups is 1. The van der Waals surface area contributed by atoms with Crippen LogP contribution in [0.15, 0.2) is 16.6 Å². The van der Waals surface area contributed by atoms with E-state index in [0.29, 0.717) is 0 Å². The van der Waals surface area contributed by atoms with E-state index in [1.54, 1.807) is 0 Å². The van der Waals surface area contributed by atoms with Crippen molar-refractivity contribution in [2.24, 2.45) is 0 Å². The second-order valence-electron chi connectivity index (χ2n) is 4.50. The van der Waals surface area contributed by atoms with Gasteiger partial charge in [-0.05, 0) is 61.9 Å². The SMILES string of the molecule is CC(C)(O)c1cc(Br)cc2c1CCC2. The van der Waals surface area contributed by atoms with Crippen LogP contribution in [0.5, 0.6) is 0 Å². The van der Waals surface area contributed by atoms with Crippen LogP contribution in [0.3, 0.4) is 0 Å². The topological polar surface area (TPSA) is 20.2 Å². The monoisotopic (exact) mass is 254 g/mol. The fourth-order valence-corrected chi connectivity index (χ4v) is 2.72. The predicted octanol–water partition coefficient (Wildman–Crippen LogP) is 3.17. The third kappa shape index (κ3) is 1.73. The molecule has 0 saturated carbocycles. The zero-order chi connectivity index (χ0) is 10.3. The fraction of sp³-hybridized carbons (Fsp3) is 0.500. The summed E-state index contributed by atoms with van der Waals surface area (Å²) in [5.41, 5.74) is 3.12. The number of fused-ring (bicyclic) bond motifs is 1. The van der Waals surface area contributed by atoms with Gasteiger partial charge in [-0.3, -0.25) is 0 Å². The Bertz CT molecular complexity index is 363. The van der Waals surface area contributed by atoms with Crippen molar-refractivity contribution in [1.82, 2.24) is 0 Å². The van der Waals surface area contributed by atoms with Crippen LogP contribution >= 0.6 is 15.9 Å². The third-order valence-corrected chi connectivity index (χ3v) is 3.30. The van der Waals surface area contributed by atoms with Crippen LogP contribution in [0.25, 0.3) is 0 Å². The number of halogens is 1. The summed E-state index contributed by atoms with van der Waals surface area (Å²) in [5.74, 6) is 0. The zero-order valence-electron chi connectivity index (χ0n) is 8.60. The third-order valence-electron chi connectivity index (χ3n) is 2.84. The first-order valence-electron chi connectivity index (χ1n) is 5.02. The number of rotatable bonds is 1. The molecule has 2 heteroatoms. The molecule has 1 aromatic carbocycles. The van der Waals surface area contributed by atoms with Gasteiger partial charge in [0.25, 0.3) is 0 Å². The average molecular weight is 255 g/mol. The van der Waals surface area contributed by atoms with Gasteiger partial charge in [0, 0.05) is 4.47 Å². The minimum absolute atomic E-state index is 0.724. The molecule has 14 heavy (non-hydrogen) atoms. The lowest BCUT2D eigenvalue weighted by atomic mass is 9.91. The average Bonchev–Trinajstić information content (AvgIpc) is 2.47. The quantitative estimate of drug-likeness (QED) is 0.817. The van der Waals surface area contributed by atoms with Crippen molar-refractivity contribution in [3.8, 4) is 0 Å². The summed E-state index contributed by atoms with van der Waals surface area (Å²) >= 11 is 3.50. The summed E-state index contributed by atoms with van der Waals surface area (Å²) < 4.78 is 1.08. The van der Waals surface area contributed by atoms with Crippen molar-refractivity contribution in [2.75, 3.05) is 0 Å². The Balaban J connectivity index is 2.60. The maximum Gasteiger partial charge on any atom is 0.0843 e. The number of hydrogen-bond acceptors (Lipinski definition) is 1. The summed E-state index contributed by atoms with van der Waals surface area (Å²) in [4.78, 5) is 0. The van der Waals surface area contributed by atoms with Gasteiger partial charge in [0.05, 0.1) is 5.60 Å². The van der Waals surface area contributed by atoms with Gasteiger partial charge in [0.2, 0.25) is 0 Å². The Morgan fingerprint density at radius 2 is 2.00 bits per heavy atom. The van der Waals surface area contributed by atoms with E-state index in [1.807, 2.05) is 19.9 Å². The summed E-state index contributed by atoms with van der Waals surface area (Å²) in [5, 5.41) is 10.1. The van der Waals surface area contributed by atoms with Gasteiger partial charge in [-0.1, -0.05) is 15.9 Å². The molecule has 1 aromatic rings. The molecule has 0 bridgehead atoms. The normalized spacial score (nSPS) is 15.7. The Morgan fingerprint density at radius 1 is 1.29 bits per heavy atom. The molecule has 0 fully saturated rings. The molecule has 0 atom stereocenters. The molecule has 0 radical (unpaired) electrons. The van der Waals surface area contributed by atoms with Crippen LogP contribution in [0.4, 0.5) is 0 Å². The largest absolute Gasteiger partial charge is 0.386 e. The summed E-state index contributed by atoms with van der Waals surface area (Å²) in [6.07, 6.45) is 3.48. The number of benzene rings is 1. The van der Waals surface area contributed by atoms with E-state index in [9.17, 15) is 5.11 Å². The van der Waals surface area contributed by atoms with Crippen LogP contribution < -0.4 is 0 Å². The first-order valence-corrected chi connectivity index (χ1v) is 5.82. The molecule has 0 aliphatic heterocycles. The highest BCUT2D eigenvalue weighted by molar-refractivity contribution is 9.10. The van der Waals surface area contributed by atoms with Crippen LogP contribution in [-0.2, 0) is 18.4 Å². The van der Waals surface area contributed by atoms with Crippen LogP contribution in [0.1, 0.15) is 37.0 Å². The lowest BCUT2D eigenvalue weighted by Crippen LogP contribution is -2.18. The van der Waals surface area contributed by atoms with Gasteiger partial charge in [0.15, 0.2) is 0 Å². The molecular weight excluding hydrogens is 240 g/mol. The maximum absolute atomic E-state index is 10.1.